The molecular weight excluding hydrogens is 773 g/mol. The Morgan fingerprint density at radius 3 is 1.33 bits per heavy atom. The number of fused-ring (bicyclic) bond motifs is 10. The Balaban J connectivity index is 1.07. The topological polar surface area (TPSA) is 25.8 Å². The molecule has 2 heteroatoms. The fraction of sp³-hybridized carbons (Fsp3) is 0. The molecule has 0 aliphatic heterocycles. The number of rotatable bonds is 5. The van der Waals surface area contributed by atoms with Crippen LogP contribution in [0.3, 0.4) is 0 Å². The van der Waals surface area contributed by atoms with E-state index in [0.29, 0.717) is 0 Å². The zero-order valence-electron chi connectivity index (χ0n) is 34.8. The maximum Gasteiger partial charge on any atom is 0.0794 e. The van der Waals surface area contributed by atoms with Crippen LogP contribution in [0, 0.1) is 0 Å². The van der Waals surface area contributed by atoms with Gasteiger partial charge in [0.15, 0.2) is 0 Å². The molecule has 2 heterocycles. The summed E-state index contributed by atoms with van der Waals surface area (Å²) in [5.41, 5.74) is 13.1. The van der Waals surface area contributed by atoms with E-state index in [9.17, 15) is 0 Å². The van der Waals surface area contributed by atoms with Gasteiger partial charge in [-0.2, -0.15) is 0 Å². The smallest absolute Gasteiger partial charge is 0.0794 e. The van der Waals surface area contributed by atoms with E-state index in [-0.39, 0.29) is 0 Å². The van der Waals surface area contributed by atoms with Crippen molar-refractivity contribution in [2.45, 2.75) is 0 Å². The maximum atomic E-state index is 5.70. The van der Waals surface area contributed by atoms with Crippen molar-refractivity contribution in [2.75, 3.05) is 0 Å². The second kappa shape index (κ2) is 14.6. The van der Waals surface area contributed by atoms with Crippen LogP contribution < -0.4 is 0 Å². The SMILES string of the molecule is c1ccc(-c2cc(-c3ccc(-c4cc5c(-c6cc7ccccc7c7ccccc67)cc(-c6cc7ccccc7c7ccccc67)nc5c5ccccc45)cc3)nc3ccccc23)cc1. The van der Waals surface area contributed by atoms with Crippen LogP contribution in [0.5, 0.6) is 0 Å². The number of para-hydroxylation sites is 1. The van der Waals surface area contributed by atoms with E-state index in [1.807, 2.05) is 0 Å². The molecule has 0 fully saturated rings. The van der Waals surface area contributed by atoms with Crippen molar-refractivity contribution < 1.29 is 0 Å². The number of nitrogens with zero attached hydrogens (tertiary/aromatic N) is 2. The summed E-state index contributed by atoms with van der Waals surface area (Å²) >= 11 is 0. The minimum Gasteiger partial charge on any atom is -0.248 e. The number of aromatic nitrogens is 2. The van der Waals surface area contributed by atoms with Gasteiger partial charge in [-0.25, -0.2) is 9.97 Å². The van der Waals surface area contributed by atoms with Crippen LogP contribution in [0.25, 0.3) is 132 Å². The third-order valence-corrected chi connectivity index (χ3v) is 13.2. The van der Waals surface area contributed by atoms with Crippen LogP contribution in [0.4, 0.5) is 0 Å². The number of benzene rings is 11. The van der Waals surface area contributed by atoms with Gasteiger partial charge in [-0.05, 0) is 118 Å². The first kappa shape index (κ1) is 36.2. The van der Waals surface area contributed by atoms with Crippen LogP contribution in [-0.4, -0.2) is 9.97 Å². The number of pyridine rings is 2. The lowest BCUT2D eigenvalue weighted by Crippen LogP contribution is -1.95. The van der Waals surface area contributed by atoms with Crippen molar-refractivity contribution in [1.29, 1.82) is 0 Å². The average Bonchev–Trinajstić information content (AvgIpc) is 3.37. The Hall–Kier alpha value is -8.46. The van der Waals surface area contributed by atoms with Crippen molar-refractivity contribution >= 4 is 75.7 Å². The molecule has 296 valence electrons. The lowest BCUT2D eigenvalue weighted by molar-refractivity contribution is 1.40. The molecule has 11 aromatic carbocycles. The summed E-state index contributed by atoms with van der Waals surface area (Å²) in [5.74, 6) is 0. The van der Waals surface area contributed by atoms with Gasteiger partial charge in [0.2, 0.25) is 0 Å². The van der Waals surface area contributed by atoms with Crippen LogP contribution in [0.1, 0.15) is 0 Å². The molecule has 13 aromatic rings. The Labute approximate surface area is 370 Å². The van der Waals surface area contributed by atoms with Gasteiger partial charge in [0.25, 0.3) is 0 Å². The highest BCUT2D eigenvalue weighted by molar-refractivity contribution is 6.21. The van der Waals surface area contributed by atoms with Gasteiger partial charge >= 0.3 is 0 Å². The molecule has 13 rings (SSSR count). The Morgan fingerprint density at radius 2 is 0.656 bits per heavy atom. The second-order valence-corrected chi connectivity index (χ2v) is 16.8. The molecule has 2 nitrogen and oxygen atoms in total. The minimum absolute atomic E-state index is 0.955. The van der Waals surface area contributed by atoms with Crippen molar-refractivity contribution in [2.24, 2.45) is 0 Å². The molecule has 0 N–H and O–H groups in total. The molecule has 0 unspecified atom stereocenters. The first-order valence-corrected chi connectivity index (χ1v) is 22.0. The third-order valence-electron chi connectivity index (χ3n) is 13.2. The van der Waals surface area contributed by atoms with E-state index in [2.05, 4.69) is 231 Å². The van der Waals surface area contributed by atoms with Crippen LogP contribution in [0.15, 0.2) is 231 Å². The van der Waals surface area contributed by atoms with Gasteiger partial charge in [0.05, 0.1) is 22.4 Å². The van der Waals surface area contributed by atoms with E-state index in [1.54, 1.807) is 0 Å². The Morgan fingerprint density at radius 1 is 0.219 bits per heavy atom. The van der Waals surface area contributed by atoms with Crippen LogP contribution >= 0.6 is 0 Å². The summed E-state index contributed by atoms with van der Waals surface area (Å²) in [6.45, 7) is 0. The van der Waals surface area contributed by atoms with E-state index < -0.39 is 0 Å². The van der Waals surface area contributed by atoms with Gasteiger partial charge in [0.1, 0.15) is 0 Å². The quantitative estimate of drug-likeness (QED) is 0.162. The standard InChI is InChI=1S/C62H38N2/c1-2-16-39(17-3-1)54-37-60(63-59-29-15-14-27-51(54)59)41-32-30-40(31-33-41)53-36-58-56(55-34-42-18-4-6-20-44(42)46-22-8-10-24-48(46)55)38-61(64-62(58)52-28-13-12-26-50(52)53)57-35-43-19-5-7-21-45(43)47-23-9-11-25-49(47)57/h1-38H. The third kappa shape index (κ3) is 5.81. The zero-order chi connectivity index (χ0) is 42.1. The van der Waals surface area contributed by atoms with Crippen molar-refractivity contribution in [1.82, 2.24) is 9.97 Å². The van der Waals surface area contributed by atoms with Crippen LogP contribution in [-0.2, 0) is 0 Å². The molecule has 64 heavy (non-hydrogen) atoms. The number of hydrogen-bond acceptors (Lipinski definition) is 2. The lowest BCUT2D eigenvalue weighted by atomic mass is 9.87. The van der Waals surface area contributed by atoms with Crippen molar-refractivity contribution in [3.8, 4) is 55.9 Å². The molecule has 0 aliphatic carbocycles. The molecule has 0 radical (unpaired) electrons. The molecule has 0 amide bonds. The highest BCUT2D eigenvalue weighted by atomic mass is 14.7. The zero-order valence-corrected chi connectivity index (χ0v) is 34.8. The van der Waals surface area contributed by atoms with Crippen LogP contribution in [0.2, 0.25) is 0 Å². The van der Waals surface area contributed by atoms with Gasteiger partial charge in [-0.15, -0.1) is 0 Å². The van der Waals surface area contributed by atoms with E-state index in [0.717, 1.165) is 60.8 Å². The monoisotopic (exact) mass is 810 g/mol. The first-order valence-electron chi connectivity index (χ1n) is 22.0. The number of hydrogen-bond donors (Lipinski definition) is 0. The summed E-state index contributed by atoms with van der Waals surface area (Å²) in [6.07, 6.45) is 0. The highest BCUT2D eigenvalue weighted by Crippen LogP contribution is 2.45. The predicted molar refractivity (Wildman–Crippen MR) is 272 cm³/mol. The molecule has 0 aliphatic rings. The van der Waals surface area contributed by atoms with E-state index in [1.165, 1.54) is 70.7 Å². The van der Waals surface area contributed by atoms with Gasteiger partial charge < -0.3 is 0 Å². The largest absolute Gasteiger partial charge is 0.248 e. The fourth-order valence-corrected chi connectivity index (χ4v) is 10.2. The molecule has 0 saturated carbocycles. The maximum absolute atomic E-state index is 5.70. The van der Waals surface area contributed by atoms with Gasteiger partial charge in [-0.1, -0.05) is 194 Å². The molecule has 2 aromatic heterocycles. The fourth-order valence-electron chi connectivity index (χ4n) is 10.2. The second-order valence-electron chi connectivity index (χ2n) is 16.8. The van der Waals surface area contributed by atoms with E-state index in [4.69, 9.17) is 9.97 Å². The summed E-state index contributed by atoms with van der Waals surface area (Å²) in [6, 6.07) is 83.6. The summed E-state index contributed by atoms with van der Waals surface area (Å²) in [5, 5.41) is 14.4. The molecule has 0 saturated heterocycles. The Kier molecular flexibility index (Phi) is 8.25. The summed E-state index contributed by atoms with van der Waals surface area (Å²) in [4.78, 5) is 10.9. The van der Waals surface area contributed by atoms with Crippen molar-refractivity contribution in [3.05, 3.63) is 231 Å². The van der Waals surface area contributed by atoms with Gasteiger partial charge in [0, 0.05) is 27.3 Å². The first-order chi connectivity index (χ1) is 31.7. The summed E-state index contributed by atoms with van der Waals surface area (Å²) in [7, 11) is 0. The molecular formula is C62H38N2. The minimum atomic E-state index is 0.955. The molecule has 0 bridgehead atoms. The normalized spacial score (nSPS) is 11.8. The van der Waals surface area contributed by atoms with Crippen molar-refractivity contribution in [3.63, 3.8) is 0 Å². The molecule has 0 spiro atoms. The Bertz CT molecular complexity index is 4000. The predicted octanol–water partition coefficient (Wildman–Crippen LogP) is 16.9. The average molecular weight is 811 g/mol. The lowest BCUT2D eigenvalue weighted by Gasteiger charge is -2.19. The summed E-state index contributed by atoms with van der Waals surface area (Å²) < 4.78 is 0. The highest BCUT2D eigenvalue weighted by Gasteiger charge is 2.20. The van der Waals surface area contributed by atoms with E-state index >= 15 is 0 Å². The van der Waals surface area contributed by atoms with Gasteiger partial charge in [-0.3, -0.25) is 0 Å². The molecule has 0 atom stereocenters.